The molecule has 0 aliphatic heterocycles. The van der Waals surface area contributed by atoms with Crippen molar-refractivity contribution in [1.82, 2.24) is 9.78 Å². The van der Waals surface area contributed by atoms with E-state index in [9.17, 15) is 18.0 Å². The van der Waals surface area contributed by atoms with E-state index in [4.69, 9.17) is 5.73 Å². The first-order valence-electron chi connectivity index (χ1n) is 5.65. The van der Waals surface area contributed by atoms with Gasteiger partial charge in [-0.15, -0.1) is 0 Å². The number of nitrogens with two attached hydrogens (primary N) is 1. The van der Waals surface area contributed by atoms with E-state index in [1.807, 2.05) is 0 Å². The summed E-state index contributed by atoms with van der Waals surface area (Å²) < 4.78 is 39.6. The summed E-state index contributed by atoms with van der Waals surface area (Å²) in [5.74, 6) is -0.640. The summed E-state index contributed by atoms with van der Waals surface area (Å²) in [4.78, 5) is 12.0. The molecule has 1 heterocycles. The van der Waals surface area contributed by atoms with Crippen LogP contribution in [0.4, 0.5) is 24.5 Å². The molecule has 0 unspecified atom stereocenters. The van der Waals surface area contributed by atoms with Crippen molar-refractivity contribution in [3.63, 3.8) is 0 Å². The fourth-order valence-electron chi connectivity index (χ4n) is 1.75. The zero-order valence-corrected chi connectivity index (χ0v) is 12.3. The second-order valence-corrected chi connectivity index (χ2v) is 5.17. The largest absolute Gasteiger partial charge is 0.416 e. The van der Waals surface area contributed by atoms with Crippen molar-refractivity contribution >= 4 is 33.2 Å². The monoisotopic (exact) mass is 362 g/mol. The second kappa shape index (κ2) is 5.40. The van der Waals surface area contributed by atoms with Crippen LogP contribution in [0.1, 0.15) is 16.1 Å². The third-order valence-electron chi connectivity index (χ3n) is 2.67. The number of carbonyl (C=O) groups is 1. The maximum Gasteiger partial charge on any atom is 0.416 e. The molecule has 0 spiro atoms. The highest BCUT2D eigenvalue weighted by atomic mass is 79.9. The number of anilines is 2. The Bertz CT molecular complexity index is 677. The Hall–Kier alpha value is -2.03. The van der Waals surface area contributed by atoms with Gasteiger partial charge in [0.1, 0.15) is 5.69 Å². The molecule has 112 valence electrons. The van der Waals surface area contributed by atoms with Crippen molar-refractivity contribution < 1.29 is 18.0 Å². The van der Waals surface area contributed by atoms with Gasteiger partial charge >= 0.3 is 6.18 Å². The van der Waals surface area contributed by atoms with E-state index >= 15 is 0 Å². The molecule has 0 aliphatic rings. The van der Waals surface area contributed by atoms with Crippen LogP contribution in [0.25, 0.3) is 0 Å². The van der Waals surface area contributed by atoms with Gasteiger partial charge in [-0.2, -0.15) is 18.3 Å². The number of nitrogens with one attached hydrogen (secondary N) is 1. The average Bonchev–Trinajstić information content (AvgIpc) is 2.67. The Labute approximate surface area is 126 Å². The molecule has 9 heteroatoms. The molecule has 0 saturated carbocycles. The number of nitrogens with zero attached hydrogens (tertiary/aromatic N) is 2. The average molecular weight is 363 g/mol. The lowest BCUT2D eigenvalue weighted by Gasteiger charge is -2.11. The summed E-state index contributed by atoms with van der Waals surface area (Å²) in [6, 6.07) is 3.13. The van der Waals surface area contributed by atoms with Gasteiger partial charge in [0.2, 0.25) is 0 Å². The van der Waals surface area contributed by atoms with Crippen LogP contribution in [0.3, 0.4) is 0 Å². The van der Waals surface area contributed by atoms with Gasteiger partial charge < -0.3 is 11.1 Å². The zero-order valence-electron chi connectivity index (χ0n) is 10.7. The number of hydrogen-bond donors (Lipinski definition) is 2. The molecule has 2 aromatic rings. The number of alkyl halides is 3. The molecule has 1 amide bonds. The highest BCUT2D eigenvalue weighted by Gasteiger charge is 2.31. The number of halogens is 4. The third kappa shape index (κ3) is 3.35. The van der Waals surface area contributed by atoms with Gasteiger partial charge in [0.05, 0.1) is 17.4 Å². The number of nitrogen functional groups attached to an aromatic ring is 1. The molecule has 0 aliphatic carbocycles. The van der Waals surface area contributed by atoms with Crippen LogP contribution >= 0.6 is 15.9 Å². The first-order chi connectivity index (χ1) is 9.68. The molecule has 0 bridgehead atoms. The Balaban J connectivity index is 2.32. The number of rotatable bonds is 2. The summed E-state index contributed by atoms with van der Waals surface area (Å²) in [6.07, 6.45) is -3.22. The fourth-order valence-corrected chi connectivity index (χ4v) is 2.24. The predicted octanol–water partition coefficient (Wildman–Crippen LogP) is 3.04. The van der Waals surface area contributed by atoms with E-state index in [-0.39, 0.29) is 21.5 Å². The molecule has 1 aromatic carbocycles. The van der Waals surface area contributed by atoms with Crippen LogP contribution in [0, 0.1) is 0 Å². The number of hydrogen-bond acceptors (Lipinski definition) is 3. The van der Waals surface area contributed by atoms with Crippen LogP contribution in [-0.2, 0) is 13.2 Å². The van der Waals surface area contributed by atoms with E-state index in [0.717, 1.165) is 12.1 Å². The van der Waals surface area contributed by atoms with Crippen LogP contribution in [0.15, 0.2) is 28.9 Å². The van der Waals surface area contributed by atoms with Crippen LogP contribution in [0.2, 0.25) is 0 Å². The summed E-state index contributed by atoms with van der Waals surface area (Å²) in [7, 11) is 1.51. The first kappa shape index (κ1) is 15.4. The lowest BCUT2D eigenvalue weighted by Crippen LogP contribution is -2.18. The van der Waals surface area contributed by atoms with Crippen molar-refractivity contribution in [2.75, 3.05) is 11.1 Å². The van der Waals surface area contributed by atoms with Crippen molar-refractivity contribution in [1.29, 1.82) is 0 Å². The normalized spacial score (nSPS) is 11.5. The predicted molar refractivity (Wildman–Crippen MR) is 74.7 cm³/mol. The van der Waals surface area contributed by atoms with Gasteiger partial charge in [-0.3, -0.25) is 9.48 Å². The van der Waals surface area contributed by atoms with Crippen molar-refractivity contribution in [3.05, 3.63) is 40.1 Å². The van der Waals surface area contributed by atoms with Gasteiger partial charge in [-0.05, 0) is 18.2 Å². The topological polar surface area (TPSA) is 72.9 Å². The van der Waals surface area contributed by atoms with E-state index in [1.54, 1.807) is 0 Å². The minimum atomic E-state index is -4.51. The van der Waals surface area contributed by atoms with Crippen LogP contribution in [-0.4, -0.2) is 15.7 Å². The Morgan fingerprint density at radius 2 is 2.05 bits per heavy atom. The van der Waals surface area contributed by atoms with E-state index in [1.165, 1.54) is 24.0 Å². The Kier molecular flexibility index (Phi) is 3.95. The molecule has 21 heavy (non-hydrogen) atoms. The lowest BCUT2D eigenvalue weighted by atomic mass is 10.2. The lowest BCUT2D eigenvalue weighted by molar-refractivity contribution is -0.137. The van der Waals surface area contributed by atoms with Gasteiger partial charge in [0.15, 0.2) is 0 Å². The van der Waals surface area contributed by atoms with Crippen molar-refractivity contribution in [2.24, 2.45) is 7.05 Å². The Morgan fingerprint density at radius 3 is 2.57 bits per heavy atom. The second-order valence-electron chi connectivity index (χ2n) is 4.25. The van der Waals surface area contributed by atoms with E-state index < -0.39 is 17.6 Å². The minimum absolute atomic E-state index is 0.00213. The van der Waals surface area contributed by atoms with Crippen LogP contribution < -0.4 is 11.1 Å². The quantitative estimate of drug-likeness (QED) is 0.862. The molecule has 0 radical (unpaired) electrons. The molecule has 1 aromatic heterocycles. The van der Waals surface area contributed by atoms with Gasteiger partial charge in [0, 0.05) is 17.2 Å². The maximum atomic E-state index is 12.7. The van der Waals surface area contributed by atoms with Crippen molar-refractivity contribution in [3.8, 4) is 0 Å². The third-order valence-corrected chi connectivity index (χ3v) is 3.12. The van der Waals surface area contributed by atoms with Crippen LogP contribution in [0.5, 0.6) is 0 Å². The molecular formula is C12H10BrF3N4O. The number of amides is 1. The number of carbonyl (C=O) groups excluding carboxylic acids is 1. The highest BCUT2D eigenvalue weighted by Crippen LogP contribution is 2.33. The SMILES string of the molecule is Cn1ncc(N)c1C(=O)Nc1cc(Br)cc(C(F)(F)F)c1. The molecule has 0 atom stereocenters. The summed E-state index contributed by atoms with van der Waals surface area (Å²) in [6.45, 7) is 0. The minimum Gasteiger partial charge on any atom is -0.396 e. The number of aromatic nitrogens is 2. The fraction of sp³-hybridized carbons (Fsp3) is 0.167. The first-order valence-corrected chi connectivity index (χ1v) is 6.44. The summed E-state index contributed by atoms with van der Waals surface area (Å²) >= 11 is 2.98. The van der Waals surface area contributed by atoms with Gasteiger partial charge in [0.25, 0.3) is 5.91 Å². The highest BCUT2D eigenvalue weighted by molar-refractivity contribution is 9.10. The summed E-state index contributed by atoms with van der Waals surface area (Å²) in [5, 5.41) is 6.16. The number of aryl methyl sites for hydroxylation is 1. The standard InChI is InChI=1S/C12H10BrF3N4O/c1-20-10(9(17)5-18-20)11(21)19-8-3-6(12(14,15)16)2-7(13)4-8/h2-5H,17H2,1H3,(H,19,21). The number of benzene rings is 1. The molecule has 2 rings (SSSR count). The molecular weight excluding hydrogens is 353 g/mol. The molecule has 5 nitrogen and oxygen atoms in total. The molecule has 0 saturated heterocycles. The van der Waals surface area contributed by atoms with Gasteiger partial charge in [-0.1, -0.05) is 15.9 Å². The summed E-state index contributed by atoms with van der Waals surface area (Å²) in [5.41, 5.74) is 4.94. The smallest absolute Gasteiger partial charge is 0.396 e. The van der Waals surface area contributed by atoms with Crippen molar-refractivity contribution in [2.45, 2.75) is 6.18 Å². The molecule has 0 fully saturated rings. The van der Waals surface area contributed by atoms with E-state index in [0.29, 0.717) is 0 Å². The Morgan fingerprint density at radius 1 is 1.38 bits per heavy atom. The zero-order chi connectivity index (χ0) is 15.8. The van der Waals surface area contributed by atoms with Gasteiger partial charge in [-0.25, -0.2) is 0 Å². The molecule has 3 N–H and O–H groups in total. The maximum absolute atomic E-state index is 12.7. The van der Waals surface area contributed by atoms with E-state index in [2.05, 4.69) is 26.3 Å².